The Morgan fingerprint density at radius 3 is 2.56 bits per heavy atom. The molecule has 0 radical (unpaired) electrons. The third-order valence-corrected chi connectivity index (χ3v) is 2.93. The second-order valence-electron chi connectivity index (χ2n) is 4.38. The zero-order chi connectivity index (χ0) is 13.5. The highest BCUT2D eigenvalue weighted by molar-refractivity contribution is 5.88. The van der Waals surface area contributed by atoms with Crippen molar-refractivity contribution >= 4 is 17.8 Å². The molecule has 0 spiro atoms. The molecular weight excluding hydrogens is 238 g/mol. The SMILES string of the molecule is CN1CCCCC1C(=O)NCC(=O)NCC(=O)O. The standard InChI is InChI=1S/C11H19N3O4/c1-14-5-3-2-4-8(14)11(18)13-6-9(15)12-7-10(16)17/h8H,2-7H2,1H3,(H,12,15)(H,13,18)(H,16,17). The maximum Gasteiger partial charge on any atom is 0.322 e. The molecule has 0 aliphatic carbocycles. The highest BCUT2D eigenvalue weighted by Crippen LogP contribution is 2.14. The van der Waals surface area contributed by atoms with E-state index in [2.05, 4.69) is 10.6 Å². The van der Waals surface area contributed by atoms with Gasteiger partial charge in [-0.2, -0.15) is 0 Å². The van der Waals surface area contributed by atoms with Crippen LogP contribution < -0.4 is 10.6 Å². The Morgan fingerprint density at radius 1 is 1.22 bits per heavy atom. The average molecular weight is 257 g/mol. The van der Waals surface area contributed by atoms with Crippen LogP contribution in [0.5, 0.6) is 0 Å². The second-order valence-corrected chi connectivity index (χ2v) is 4.38. The number of hydrogen-bond acceptors (Lipinski definition) is 4. The fourth-order valence-electron chi connectivity index (χ4n) is 1.93. The average Bonchev–Trinajstić information content (AvgIpc) is 2.34. The van der Waals surface area contributed by atoms with Gasteiger partial charge in [-0.3, -0.25) is 19.3 Å². The summed E-state index contributed by atoms with van der Waals surface area (Å²) >= 11 is 0. The normalized spacial score (nSPS) is 20.2. The monoisotopic (exact) mass is 257 g/mol. The summed E-state index contributed by atoms with van der Waals surface area (Å²) in [6.07, 6.45) is 2.88. The van der Waals surface area contributed by atoms with Crippen LogP contribution in [-0.4, -0.2) is 60.5 Å². The lowest BCUT2D eigenvalue weighted by molar-refractivity contribution is -0.137. The van der Waals surface area contributed by atoms with Crippen molar-refractivity contribution in [3.05, 3.63) is 0 Å². The Labute approximate surface area is 106 Å². The topological polar surface area (TPSA) is 98.7 Å². The molecule has 0 aromatic carbocycles. The number of rotatable bonds is 5. The Balaban J connectivity index is 2.27. The number of likely N-dealkylation sites (tertiary alicyclic amines) is 1. The lowest BCUT2D eigenvalue weighted by atomic mass is 10.0. The molecule has 18 heavy (non-hydrogen) atoms. The van der Waals surface area contributed by atoms with Crippen molar-refractivity contribution in [1.29, 1.82) is 0 Å². The molecule has 7 heteroatoms. The molecule has 102 valence electrons. The van der Waals surface area contributed by atoms with Gasteiger partial charge in [-0.1, -0.05) is 6.42 Å². The number of carbonyl (C=O) groups is 3. The quantitative estimate of drug-likeness (QED) is 0.574. The van der Waals surface area contributed by atoms with Gasteiger partial charge in [-0.25, -0.2) is 0 Å². The molecule has 0 aromatic rings. The minimum absolute atomic E-state index is 0.178. The van der Waals surface area contributed by atoms with Gasteiger partial charge >= 0.3 is 5.97 Å². The van der Waals surface area contributed by atoms with Crippen LogP contribution in [-0.2, 0) is 14.4 Å². The number of amides is 2. The lowest BCUT2D eigenvalue weighted by Gasteiger charge is -2.31. The first kappa shape index (κ1) is 14.4. The van der Waals surface area contributed by atoms with Crippen LogP contribution in [0.1, 0.15) is 19.3 Å². The predicted octanol–water partition coefficient (Wildman–Crippen LogP) is -1.21. The van der Waals surface area contributed by atoms with Crippen molar-refractivity contribution in [3.63, 3.8) is 0 Å². The summed E-state index contributed by atoms with van der Waals surface area (Å²) in [6.45, 7) is 0.262. The largest absolute Gasteiger partial charge is 0.480 e. The molecule has 1 atom stereocenters. The van der Waals surface area contributed by atoms with Crippen molar-refractivity contribution in [2.45, 2.75) is 25.3 Å². The van der Waals surface area contributed by atoms with Crippen LogP contribution in [0.15, 0.2) is 0 Å². The molecule has 2 amide bonds. The van der Waals surface area contributed by atoms with E-state index >= 15 is 0 Å². The fourth-order valence-corrected chi connectivity index (χ4v) is 1.93. The first-order valence-electron chi connectivity index (χ1n) is 5.97. The van der Waals surface area contributed by atoms with Crippen LogP contribution in [0.25, 0.3) is 0 Å². The maximum atomic E-state index is 11.8. The zero-order valence-electron chi connectivity index (χ0n) is 10.4. The molecule has 1 rings (SSSR count). The maximum absolute atomic E-state index is 11.8. The van der Waals surface area contributed by atoms with E-state index in [1.165, 1.54) is 0 Å². The van der Waals surface area contributed by atoms with E-state index in [1.807, 2.05) is 11.9 Å². The van der Waals surface area contributed by atoms with E-state index in [9.17, 15) is 14.4 Å². The number of carboxylic acids is 1. The molecule has 3 N–H and O–H groups in total. The summed E-state index contributed by atoms with van der Waals surface area (Å²) in [4.78, 5) is 35.2. The smallest absolute Gasteiger partial charge is 0.322 e. The summed E-state index contributed by atoms with van der Waals surface area (Å²) < 4.78 is 0. The van der Waals surface area contributed by atoms with Crippen molar-refractivity contribution in [2.75, 3.05) is 26.7 Å². The number of likely N-dealkylation sites (N-methyl/N-ethyl adjacent to an activating group) is 1. The van der Waals surface area contributed by atoms with Crippen molar-refractivity contribution in [2.24, 2.45) is 0 Å². The number of nitrogens with zero attached hydrogens (tertiary/aromatic N) is 1. The van der Waals surface area contributed by atoms with Gasteiger partial charge in [0, 0.05) is 0 Å². The zero-order valence-corrected chi connectivity index (χ0v) is 10.4. The van der Waals surface area contributed by atoms with E-state index < -0.39 is 18.4 Å². The molecule has 1 aliphatic rings. The summed E-state index contributed by atoms with van der Waals surface area (Å²) in [5.41, 5.74) is 0. The Bertz CT molecular complexity index is 332. The van der Waals surface area contributed by atoms with Crippen LogP contribution in [0.2, 0.25) is 0 Å². The Morgan fingerprint density at radius 2 is 1.94 bits per heavy atom. The van der Waals surface area contributed by atoms with Gasteiger partial charge in [0.15, 0.2) is 0 Å². The third kappa shape index (κ3) is 4.70. The third-order valence-electron chi connectivity index (χ3n) is 2.93. The highest BCUT2D eigenvalue weighted by Gasteiger charge is 2.25. The second kappa shape index (κ2) is 6.95. The number of aliphatic carboxylic acids is 1. The number of hydrogen-bond donors (Lipinski definition) is 3. The Kier molecular flexibility index (Phi) is 5.57. The molecular formula is C11H19N3O4. The van der Waals surface area contributed by atoms with Crippen molar-refractivity contribution < 1.29 is 19.5 Å². The molecule has 0 bridgehead atoms. The molecule has 0 saturated carbocycles. The number of carbonyl (C=O) groups excluding carboxylic acids is 2. The molecule has 1 aliphatic heterocycles. The lowest BCUT2D eigenvalue weighted by Crippen LogP contribution is -2.49. The van der Waals surface area contributed by atoms with Gasteiger partial charge in [0.1, 0.15) is 6.54 Å². The van der Waals surface area contributed by atoms with Gasteiger partial charge < -0.3 is 15.7 Å². The van der Waals surface area contributed by atoms with Crippen LogP contribution >= 0.6 is 0 Å². The predicted molar refractivity (Wildman–Crippen MR) is 63.9 cm³/mol. The van der Waals surface area contributed by atoms with Crippen molar-refractivity contribution in [1.82, 2.24) is 15.5 Å². The Hall–Kier alpha value is -1.63. The van der Waals surface area contributed by atoms with E-state index in [1.54, 1.807) is 0 Å². The number of nitrogens with one attached hydrogen (secondary N) is 2. The molecule has 0 aromatic heterocycles. The van der Waals surface area contributed by atoms with Crippen LogP contribution in [0.3, 0.4) is 0 Å². The molecule has 1 heterocycles. The molecule has 1 fully saturated rings. The van der Waals surface area contributed by atoms with E-state index in [-0.39, 0.29) is 18.5 Å². The first-order valence-corrected chi connectivity index (χ1v) is 5.97. The summed E-state index contributed by atoms with van der Waals surface area (Å²) in [6, 6.07) is -0.189. The number of carboxylic acid groups (broad SMARTS) is 1. The van der Waals surface area contributed by atoms with Crippen molar-refractivity contribution in [3.8, 4) is 0 Å². The fraction of sp³-hybridized carbons (Fsp3) is 0.727. The first-order chi connectivity index (χ1) is 8.50. The van der Waals surface area contributed by atoms with Crippen LogP contribution in [0.4, 0.5) is 0 Å². The van der Waals surface area contributed by atoms with Crippen LogP contribution in [0, 0.1) is 0 Å². The van der Waals surface area contributed by atoms with Gasteiger partial charge in [0.2, 0.25) is 11.8 Å². The summed E-state index contributed by atoms with van der Waals surface area (Å²) in [7, 11) is 1.88. The van der Waals surface area contributed by atoms with Gasteiger partial charge in [-0.15, -0.1) is 0 Å². The van der Waals surface area contributed by atoms with E-state index in [0.717, 1.165) is 25.8 Å². The minimum atomic E-state index is -1.11. The van der Waals surface area contributed by atoms with Gasteiger partial charge in [-0.05, 0) is 26.4 Å². The summed E-state index contributed by atoms with van der Waals surface area (Å²) in [5, 5.41) is 13.1. The minimum Gasteiger partial charge on any atom is -0.480 e. The molecule has 7 nitrogen and oxygen atoms in total. The highest BCUT2D eigenvalue weighted by atomic mass is 16.4. The van der Waals surface area contributed by atoms with Gasteiger partial charge in [0.05, 0.1) is 12.6 Å². The van der Waals surface area contributed by atoms with E-state index in [4.69, 9.17) is 5.11 Å². The molecule has 1 saturated heterocycles. The number of piperidine rings is 1. The summed E-state index contributed by atoms with van der Waals surface area (Å²) in [5.74, 6) is -1.78. The molecule has 1 unspecified atom stereocenters. The van der Waals surface area contributed by atoms with E-state index in [0.29, 0.717) is 0 Å². The van der Waals surface area contributed by atoms with Gasteiger partial charge in [0.25, 0.3) is 0 Å².